The first-order valence-corrected chi connectivity index (χ1v) is 9.24. The molecule has 0 radical (unpaired) electrons. The summed E-state index contributed by atoms with van der Waals surface area (Å²) in [4.78, 5) is 43.6. The van der Waals surface area contributed by atoms with Crippen LogP contribution in [0.15, 0.2) is 24.3 Å². The number of para-hydroxylation sites is 1. The van der Waals surface area contributed by atoms with Gasteiger partial charge in [0.05, 0.1) is 6.04 Å². The first-order chi connectivity index (χ1) is 12.3. The van der Waals surface area contributed by atoms with Crippen molar-refractivity contribution in [2.75, 3.05) is 25.5 Å². The summed E-state index contributed by atoms with van der Waals surface area (Å²) < 4.78 is 0. The minimum absolute atomic E-state index is 0.176. The normalized spacial score (nSPS) is 30.5. The van der Waals surface area contributed by atoms with Crippen LogP contribution in [0.1, 0.15) is 25.8 Å². The van der Waals surface area contributed by atoms with Crippen molar-refractivity contribution in [2.24, 2.45) is 17.3 Å². The van der Waals surface area contributed by atoms with Crippen LogP contribution in [0.5, 0.6) is 0 Å². The highest BCUT2D eigenvalue weighted by atomic mass is 16.2. The SMILES string of the molecule is C[C@@H]1C[C@H](C)[C@H]2N(C1)c1ccccc1CC21C(=O)N(C)C(=O)N(C)C1=O. The Kier molecular flexibility index (Phi) is 3.65. The number of imide groups is 2. The van der Waals surface area contributed by atoms with Crippen LogP contribution in [0.3, 0.4) is 0 Å². The van der Waals surface area contributed by atoms with Crippen molar-refractivity contribution in [2.45, 2.75) is 32.7 Å². The Balaban J connectivity index is 1.94. The van der Waals surface area contributed by atoms with Gasteiger partial charge in [0, 0.05) is 26.3 Å². The van der Waals surface area contributed by atoms with Gasteiger partial charge in [-0.05, 0) is 36.3 Å². The maximum absolute atomic E-state index is 13.4. The second-order valence-electron chi connectivity index (χ2n) is 8.20. The van der Waals surface area contributed by atoms with Gasteiger partial charge < -0.3 is 4.90 Å². The van der Waals surface area contributed by atoms with Crippen molar-refractivity contribution in [1.82, 2.24) is 9.80 Å². The zero-order chi connectivity index (χ0) is 18.8. The lowest BCUT2D eigenvalue weighted by molar-refractivity contribution is -0.161. The fourth-order valence-electron chi connectivity index (χ4n) is 5.43. The van der Waals surface area contributed by atoms with Crippen molar-refractivity contribution >= 4 is 23.5 Å². The summed E-state index contributed by atoms with van der Waals surface area (Å²) in [5, 5.41) is 0. The molecule has 1 aromatic carbocycles. The number of barbiturate groups is 1. The number of anilines is 1. The molecule has 3 heterocycles. The largest absolute Gasteiger partial charge is 0.366 e. The molecule has 3 aliphatic heterocycles. The van der Waals surface area contributed by atoms with Crippen LogP contribution in [0.25, 0.3) is 0 Å². The Hall–Kier alpha value is -2.37. The van der Waals surface area contributed by atoms with Gasteiger partial charge in [-0.25, -0.2) is 4.79 Å². The standard InChI is InChI=1S/C20H25N3O3/c1-12-9-13(2)16-20(17(24)21(3)19(26)22(4)18(20)25)10-14-7-5-6-8-15(14)23(16)11-12/h5-8,12-13,16H,9-11H2,1-4H3/t12-,13+,16-/m1/s1. The Morgan fingerprint density at radius 2 is 1.62 bits per heavy atom. The van der Waals surface area contributed by atoms with E-state index in [2.05, 4.69) is 24.8 Å². The van der Waals surface area contributed by atoms with E-state index >= 15 is 0 Å². The average Bonchev–Trinajstić information content (AvgIpc) is 2.62. The topological polar surface area (TPSA) is 60.9 Å². The van der Waals surface area contributed by atoms with E-state index in [4.69, 9.17) is 0 Å². The van der Waals surface area contributed by atoms with Gasteiger partial charge in [-0.2, -0.15) is 0 Å². The second-order valence-corrected chi connectivity index (χ2v) is 8.20. The van der Waals surface area contributed by atoms with E-state index in [1.54, 1.807) is 0 Å². The van der Waals surface area contributed by atoms with Gasteiger partial charge in [0.1, 0.15) is 0 Å². The Morgan fingerprint density at radius 1 is 1.00 bits per heavy atom. The molecule has 3 aliphatic rings. The highest BCUT2D eigenvalue weighted by molar-refractivity contribution is 6.20. The molecule has 0 unspecified atom stereocenters. The molecule has 3 atom stereocenters. The highest BCUT2D eigenvalue weighted by Gasteiger charge is 2.64. The van der Waals surface area contributed by atoms with Crippen molar-refractivity contribution in [3.8, 4) is 0 Å². The predicted octanol–water partition coefficient (Wildman–Crippen LogP) is 2.13. The molecule has 0 N–H and O–H groups in total. The first kappa shape index (κ1) is 17.1. The molecule has 138 valence electrons. The van der Waals surface area contributed by atoms with Crippen molar-refractivity contribution in [3.05, 3.63) is 29.8 Å². The molecule has 4 amide bonds. The van der Waals surface area contributed by atoms with Crippen molar-refractivity contribution in [3.63, 3.8) is 0 Å². The molecule has 0 aliphatic carbocycles. The van der Waals surface area contributed by atoms with Crippen LogP contribution in [0.2, 0.25) is 0 Å². The van der Waals surface area contributed by atoms with Crippen LogP contribution in [0.4, 0.5) is 10.5 Å². The molecule has 4 rings (SSSR count). The van der Waals surface area contributed by atoms with Gasteiger partial charge in [0.25, 0.3) is 0 Å². The van der Waals surface area contributed by atoms with Gasteiger partial charge in [0.2, 0.25) is 11.8 Å². The molecule has 6 heteroatoms. The average molecular weight is 355 g/mol. The van der Waals surface area contributed by atoms with Crippen LogP contribution in [-0.2, 0) is 16.0 Å². The highest BCUT2D eigenvalue weighted by Crippen LogP contribution is 2.50. The molecule has 1 spiro atoms. The monoisotopic (exact) mass is 355 g/mol. The number of rotatable bonds is 0. The summed E-state index contributed by atoms with van der Waals surface area (Å²) in [5.41, 5.74) is 0.887. The van der Waals surface area contributed by atoms with E-state index in [9.17, 15) is 14.4 Å². The number of hydrogen-bond acceptors (Lipinski definition) is 4. The molecular formula is C20H25N3O3. The zero-order valence-electron chi connectivity index (χ0n) is 15.7. The van der Waals surface area contributed by atoms with Gasteiger partial charge in [-0.15, -0.1) is 0 Å². The van der Waals surface area contributed by atoms with E-state index in [1.165, 1.54) is 14.1 Å². The number of carbonyl (C=O) groups excluding carboxylic acids is 3. The fraction of sp³-hybridized carbons (Fsp3) is 0.550. The Bertz CT molecular complexity index is 781. The van der Waals surface area contributed by atoms with Gasteiger partial charge >= 0.3 is 6.03 Å². The lowest BCUT2D eigenvalue weighted by Gasteiger charge is -2.57. The zero-order valence-corrected chi connectivity index (χ0v) is 15.7. The third-order valence-electron chi connectivity index (χ3n) is 6.38. The predicted molar refractivity (Wildman–Crippen MR) is 97.6 cm³/mol. The van der Waals surface area contributed by atoms with E-state index in [0.29, 0.717) is 12.3 Å². The molecular weight excluding hydrogens is 330 g/mol. The van der Waals surface area contributed by atoms with E-state index in [-0.39, 0.29) is 23.8 Å². The number of urea groups is 1. The van der Waals surface area contributed by atoms with Crippen LogP contribution in [0, 0.1) is 17.3 Å². The number of amides is 4. The molecule has 26 heavy (non-hydrogen) atoms. The van der Waals surface area contributed by atoms with E-state index in [0.717, 1.165) is 34.0 Å². The summed E-state index contributed by atoms with van der Waals surface area (Å²) in [6.07, 6.45) is 1.32. The van der Waals surface area contributed by atoms with E-state index in [1.807, 2.05) is 18.2 Å². The lowest BCUT2D eigenvalue weighted by atomic mass is 9.62. The Morgan fingerprint density at radius 3 is 2.27 bits per heavy atom. The summed E-state index contributed by atoms with van der Waals surface area (Å²) in [5.74, 6) is -0.0710. The summed E-state index contributed by atoms with van der Waals surface area (Å²) in [6.45, 7) is 5.15. The molecule has 2 fully saturated rings. The number of fused-ring (bicyclic) bond motifs is 4. The smallest absolute Gasteiger partial charge is 0.332 e. The van der Waals surface area contributed by atoms with Crippen molar-refractivity contribution < 1.29 is 14.4 Å². The molecule has 6 nitrogen and oxygen atoms in total. The molecule has 1 aromatic rings. The van der Waals surface area contributed by atoms with Crippen molar-refractivity contribution in [1.29, 1.82) is 0 Å². The maximum Gasteiger partial charge on any atom is 0.332 e. The van der Waals surface area contributed by atoms with Gasteiger partial charge in [-0.1, -0.05) is 32.0 Å². The maximum atomic E-state index is 13.4. The fourth-order valence-corrected chi connectivity index (χ4v) is 5.43. The first-order valence-electron chi connectivity index (χ1n) is 9.24. The number of carbonyl (C=O) groups is 3. The third-order valence-corrected chi connectivity index (χ3v) is 6.38. The molecule has 0 aromatic heterocycles. The summed E-state index contributed by atoms with van der Waals surface area (Å²) >= 11 is 0. The molecule has 0 saturated carbocycles. The number of benzene rings is 1. The number of piperidine rings is 1. The Labute approximate surface area is 153 Å². The number of nitrogens with zero attached hydrogens (tertiary/aromatic N) is 3. The van der Waals surface area contributed by atoms with Gasteiger partial charge in [0.15, 0.2) is 5.41 Å². The number of hydrogen-bond donors (Lipinski definition) is 0. The van der Waals surface area contributed by atoms with Crippen LogP contribution in [-0.4, -0.2) is 54.3 Å². The minimum atomic E-state index is -1.23. The lowest BCUT2D eigenvalue weighted by Crippen LogP contribution is -2.73. The second kappa shape index (κ2) is 5.56. The van der Waals surface area contributed by atoms with Crippen LogP contribution >= 0.6 is 0 Å². The minimum Gasteiger partial charge on any atom is -0.366 e. The van der Waals surface area contributed by atoms with E-state index < -0.39 is 11.4 Å². The summed E-state index contributed by atoms with van der Waals surface area (Å²) in [7, 11) is 2.96. The van der Waals surface area contributed by atoms with Gasteiger partial charge in [-0.3, -0.25) is 19.4 Å². The summed E-state index contributed by atoms with van der Waals surface area (Å²) in [6, 6.07) is 7.24. The molecule has 0 bridgehead atoms. The molecule has 2 saturated heterocycles. The third kappa shape index (κ3) is 2.01. The quantitative estimate of drug-likeness (QED) is 0.669. The van der Waals surface area contributed by atoms with Crippen LogP contribution < -0.4 is 4.90 Å².